The van der Waals surface area contributed by atoms with Gasteiger partial charge in [-0.3, -0.25) is 0 Å². The van der Waals surface area contributed by atoms with Crippen molar-refractivity contribution in [2.24, 2.45) is 0 Å². The van der Waals surface area contributed by atoms with Crippen LogP contribution in [0.1, 0.15) is 10.4 Å². The molecule has 0 bridgehead atoms. The normalized spacial score (nSPS) is 10.8. The van der Waals surface area contributed by atoms with Gasteiger partial charge in [0.05, 0.1) is 18.0 Å². The Balaban J connectivity index is 2.64. The third-order valence-electron chi connectivity index (χ3n) is 2.89. The van der Waals surface area contributed by atoms with Gasteiger partial charge in [0.2, 0.25) is 0 Å². The fraction of sp³-hybridized carbons (Fsp3) is 0.462. The van der Waals surface area contributed by atoms with E-state index in [1.807, 2.05) is 11.9 Å². The molecule has 0 aliphatic heterocycles. The first-order valence-electron chi connectivity index (χ1n) is 6.20. The average Bonchev–Trinajstić information content (AvgIpc) is 2.40. The second kappa shape index (κ2) is 7.66. The molecule has 0 amide bonds. The maximum absolute atomic E-state index is 13.3. The van der Waals surface area contributed by atoms with Crippen LogP contribution in [0.5, 0.6) is 0 Å². The molecule has 0 atom stereocenters. The smallest absolute Gasteiger partial charge is 0.340 e. The van der Waals surface area contributed by atoms with Gasteiger partial charge in [-0.15, -0.1) is 0 Å². The largest absolute Gasteiger partial charge is 0.478 e. The van der Waals surface area contributed by atoms with Crippen LogP contribution < -0.4 is 11.1 Å². The Morgan fingerprint density at radius 1 is 1.50 bits per heavy atom. The van der Waals surface area contributed by atoms with E-state index in [1.165, 1.54) is 6.07 Å². The molecule has 0 fully saturated rings. The topological polar surface area (TPSA) is 87.8 Å². The summed E-state index contributed by atoms with van der Waals surface area (Å²) in [5, 5.41) is 12.0. The SMILES string of the molecule is COCCN(C)CCNc1ccc(F)c(N)c1C(=O)O. The highest BCUT2D eigenvalue weighted by Crippen LogP contribution is 2.24. The standard InChI is InChI=1S/C13H20FN3O3/c1-17(7-8-20-2)6-5-16-10-4-3-9(14)12(15)11(10)13(18)19/h3-4,16H,5-8,15H2,1-2H3,(H,18,19). The Kier molecular flexibility index (Phi) is 6.20. The number of ether oxygens (including phenoxy) is 1. The van der Waals surface area contributed by atoms with Crippen LogP contribution in [-0.4, -0.2) is 56.4 Å². The predicted molar refractivity (Wildman–Crippen MR) is 75.6 cm³/mol. The first-order chi connectivity index (χ1) is 9.47. The van der Waals surface area contributed by atoms with Gasteiger partial charge in [-0.05, 0) is 19.2 Å². The van der Waals surface area contributed by atoms with E-state index in [0.29, 0.717) is 25.4 Å². The van der Waals surface area contributed by atoms with Crippen molar-refractivity contribution in [1.82, 2.24) is 4.90 Å². The maximum atomic E-state index is 13.3. The van der Waals surface area contributed by atoms with Crippen molar-refractivity contribution in [3.8, 4) is 0 Å². The van der Waals surface area contributed by atoms with E-state index in [0.717, 1.165) is 12.6 Å². The number of anilines is 2. The average molecular weight is 285 g/mol. The van der Waals surface area contributed by atoms with E-state index in [9.17, 15) is 9.18 Å². The number of likely N-dealkylation sites (N-methyl/N-ethyl adjacent to an activating group) is 1. The van der Waals surface area contributed by atoms with Gasteiger partial charge in [-0.2, -0.15) is 0 Å². The molecule has 4 N–H and O–H groups in total. The summed E-state index contributed by atoms with van der Waals surface area (Å²) in [7, 11) is 3.56. The van der Waals surface area contributed by atoms with Crippen LogP contribution in [0, 0.1) is 5.82 Å². The van der Waals surface area contributed by atoms with Gasteiger partial charge in [0.25, 0.3) is 0 Å². The lowest BCUT2D eigenvalue weighted by Gasteiger charge is -2.17. The van der Waals surface area contributed by atoms with Crippen LogP contribution >= 0.6 is 0 Å². The van der Waals surface area contributed by atoms with Gasteiger partial charge in [-0.1, -0.05) is 0 Å². The lowest BCUT2D eigenvalue weighted by Crippen LogP contribution is -2.28. The molecule has 0 heterocycles. The minimum atomic E-state index is -1.25. The van der Waals surface area contributed by atoms with Crippen molar-refractivity contribution in [2.75, 3.05) is 51.4 Å². The third kappa shape index (κ3) is 4.36. The van der Waals surface area contributed by atoms with Gasteiger partial charge in [0.1, 0.15) is 11.4 Å². The van der Waals surface area contributed by atoms with E-state index in [2.05, 4.69) is 5.32 Å². The van der Waals surface area contributed by atoms with Gasteiger partial charge in [0, 0.05) is 26.7 Å². The Morgan fingerprint density at radius 2 is 2.20 bits per heavy atom. The molecule has 0 aromatic heterocycles. The van der Waals surface area contributed by atoms with Crippen molar-refractivity contribution in [3.63, 3.8) is 0 Å². The molecular weight excluding hydrogens is 265 g/mol. The number of carboxylic acid groups (broad SMARTS) is 1. The summed E-state index contributed by atoms with van der Waals surface area (Å²) < 4.78 is 18.2. The molecule has 20 heavy (non-hydrogen) atoms. The number of nitrogens with two attached hydrogens (primary N) is 1. The first-order valence-corrected chi connectivity index (χ1v) is 6.20. The Labute approximate surface area is 117 Å². The number of carbonyl (C=O) groups is 1. The highest BCUT2D eigenvalue weighted by atomic mass is 19.1. The van der Waals surface area contributed by atoms with Crippen LogP contribution in [0.2, 0.25) is 0 Å². The van der Waals surface area contributed by atoms with Crippen molar-refractivity contribution >= 4 is 17.3 Å². The minimum absolute atomic E-state index is 0.232. The molecular formula is C13H20FN3O3. The molecule has 1 aromatic rings. The number of rotatable bonds is 8. The maximum Gasteiger partial charge on any atom is 0.340 e. The highest BCUT2D eigenvalue weighted by molar-refractivity contribution is 6.00. The number of nitrogens with one attached hydrogen (secondary N) is 1. The fourth-order valence-electron chi connectivity index (χ4n) is 1.71. The van der Waals surface area contributed by atoms with Crippen LogP contribution in [0.15, 0.2) is 12.1 Å². The number of hydrogen-bond acceptors (Lipinski definition) is 5. The lowest BCUT2D eigenvalue weighted by molar-refractivity contribution is 0.0698. The summed E-state index contributed by atoms with van der Waals surface area (Å²) in [6.07, 6.45) is 0. The number of nitrogens with zero attached hydrogens (tertiary/aromatic N) is 1. The Morgan fingerprint density at radius 3 is 2.80 bits per heavy atom. The lowest BCUT2D eigenvalue weighted by atomic mass is 10.1. The van der Waals surface area contributed by atoms with Crippen LogP contribution in [0.3, 0.4) is 0 Å². The highest BCUT2D eigenvalue weighted by Gasteiger charge is 2.17. The summed E-state index contributed by atoms with van der Waals surface area (Å²) in [6, 6.07) is 2.53. The van der Waals surface area contributed by atoms with Gasteiger partial charge < -0.3 is 25.8 Å². The molecule has 1 aromatic carbocycles. The molecule has 7 heteroatoms. The molecule has 0 radical (unpaired) electrons. The molecule has 112 valence electrons. The van der Waals surface area contributed by atoms with E-state index in [4.69, 9.17) is 15.6 Å². The van der Waals surface area contributed by atoms with Crippen molar-refractivity contribution in [2.45, 2.75) is 0 Å². The van der Waals surface area contributed by atoms with E-state index < -0.39 is 11.8 Å². The van der Waals surface area contributed by atoms with Crippen LogP contribution in [0.25, 0.3) is 0 Å². The zero-order valence-electron chi connectivity index (χ0n) is 11.6. The predicted octanol–water partition coefficient (Wildman–Crippen LogP) is 1.10. The van der Waals surface area contributed by atoms with Crippen molar-refractivity contribution in [3.05, 3.63) is 23.5 Å². The van der Waals surface area contributed by atoms with Gasteiger partial charge in [0.15, 0.2) is 0 Å². The third-order valence-corrected chi connectivity index (χ3v) is 2.89. The molecule has 0 aliphatic rings. The fourth-order valence-corrected chi connectivity index (χ4v) is 1.71. The van der Waals surface area contributed by atoms with E-state index >= 15 is 0 Å². The molecule has 1 rings (SSSR count). The number of halogens is 1. The Hall–Kier alpha value is -1.86. The molecule has 0 saturated carbocycles. The van der Waals surface area contributed by atoms with Crippen molar-refractivity contribution in [1.29, 1.82) is 0 Å². The summed E-state index contributed by atoms with van der Waals surface area (Å²) in [5.41, 5.74) is 5.19. The van der Waals surface area contributed by atoms with Gasteiger partial charge >= 0.3 is 5.97 Å². The molecule has 0 spiro atoms. The number of hydrogen-bond donors (Lipinski definition) is 3. The van der Waals surface area contributed by atoms with Crippen LogP contribution in [-0.2, 0) is 4.74 Å². The number of carboxylic acids is 1. The molecule has 0 aliphatic carbocycles. The number of benzene rings is 1. The number of methoxy groups -OCH3 is 1. The van der Waals surface area contributed by atoms with Crippen LogP contribution in [0.4, 0.5) is 15.8 Å². The second-order valence-corrected chi connectivity index (χ2v) is 4.41. The molecule has 6 nitrogen and oxygen atoms in total. The molecule has 0 saturated heterocycles. The van der Waals surface area contributed by atoms with Crippen molar-refractivity contribution < 1.29 is 19.0 Å². The summed E-state index contributed by atoms with van der Waals surface area (Å²) in [5.74, 6) is -1.98. The van der Waals surface area contributed by atoms with Gasteiger partial charge in [-0.25, -0.2) is 9.18 Å². The number of aromatic carboxylic acids is 1. The summed E-state index contributed by atoms with van der Waals surface area (Å²) in [6.45, 7) is 2.61. The van der Waals surface area contributed by atoms with E-state index in [1.54, 1.807) is 7.11 Å². The number of nitrogen functional groups attached to an aromatic ring is 1. The minimum Gasteiger partial charge on any atom is -0.478 e. The first kappa shape index (κ1) is 16.2. The van der Waals surface area contributed by atoms with E-state index in [-0.39, 0.29) is 11.3 Å². The Bertz CT molecular complexity index is 468. The monoisotopic (exact) mass is 285 g/mol. The summed E-state index contributed by atoms with van der Waals surface area (Å²) >= 11 is 0. The molecule has 0 unspecified atom stereocenters. The zero-order chi connectivity index (χ0) is 15.1. The zero-order valence-corrected chi connectivity index (χ0v) is 11.6. The quantitative estimate of drug-likeness (QED) is 0.620. The summed E-state index contributed by atoms with van der Waals surface area (Å²) in [4.78, 5) is 13.2. The second-order valence-electron chi connectivity index (χ2n) is 4.41.